The molecule has 0 unspecified atom stereocenters. The van der Waals surface area contributed by atoms with Crippen LogP contribution >= 0.6 is 0 Å². The van der Waals surface area contributed by atoms with E-state index in [9.17, 15) is 129 Å². The Balaban J connectivity index is 2.96. The number of alkyl halides is 27. The van der Waals surface area contributed by atoms with Gasteiger partial charge in [0.25, 0.3) is 0 Å². The van der Waals surface area contributed by atoms with Gasteiger partial charge in [0.15, 0.2) is 0 Å². The molecule has 0 radical (unpaired) electrons. The number of rotatable bonds is 26. The summed E-state index contributed by atoms with van der Waals surface area (Å²) in [5, 5.41) is 23.3. The zero-order valence-corrected chi connectivity index (χ0v) is 45.7. The first-order valence-corrected chi connectivity index (χ1v) is 24.5. The minimum Gasteiger partial charge on any atom is -0.378 e. The van der Waals surface area contributed by atoms with Crippen molar-refractivity contribution in [3.63, 3.8) is 0 Å². The van der Waals surface area contributed by atoms with Gasteiger partial charge in [-0.3, -0.25) is 0 Å². The lowest BCUT2D eigenvalue weighted by Gasteiger charge is -2.51. The van der Waals surface area contributed by atoms with Crippen LogP contribution in [0.5, 0.6) is 0 Å². The lowest BCUT2D eigenvalue weighted by molar-refractivity contribution is -0.475. The molecule has 0 spiro atoms. The summed E-state index contributed by atoms with van der Waals surface area (Å²) in [5.41, 5.74) is -35.9. The third kappa shape index (κ3) is 16.9. The van der Waals surface area contributed by atoms with E-state index in [-0.39, 0.29) is 51.7 Å². The second-order valence-electron chi connectivity index (χ2n) is 23.1. The molecule has 2 heterocycles. The van der Waals surface area contributed by atoms with Gasteiger partial charge in [-0.15, -0.1) is 0 Å². The van der Waals surface area contributed by atoms with E-state index in [1.807, 2.05) is 0 Å². The van der Waals surface area contributed by atoms with Gasteiger partial charge in [-0.1, -0.05) is 0 Å². The first-order valence-electron chi connectivity index (χ1n) is 24.5. The topological polar surface area (TPSA) is 121 Å². The molecular weight excluding hydrogens is 1240 g/mol. The van der Waals surface area contributed by atoms with E-state index in [0.717, 1.165) is 10.1 Å². The van der Waals surface area contributed by atoms with Crippen LogP contribution in [0.15, 0.2) is 0 Å². The van der Waals surface area contributed by atoms with Crippen molar-refractivity contribution in [3.05, 3.63) is 0 Å². The standard InChI is InChI=1S/C45H63F27N2O10/c1-28(2)16-26(17-29(3,4)73(28)75)79-14-10-12-77-20-32(9,21-78-13-11-15-80-27-18-30(5,6)74(76)31(7,8)19-27)81-22-33(23-82-34(37(46,47)48,38(49,50)51)39(52,53)54,24-83-35(40(55,56)57,41(58,59)60)42(61,62)63)25-84-36(43(64,65)66,44(67,68)69)45(70,71)72/h26-27,75-76H,10-25H2,1-9H3. The first-order chi connectivity index (χ1) is 37.0. The van der Waals surface area contributed by atoms with Crippen molar-refractivity contribution < 1.29 is 167 Å². The van der Waals surface area contributed by atoms with Crippen molar-refractivity contribution in [3.8, 4) is 0 Å². The Hall–Kier alpha value is -2.37. The van der Waals surface area contributed by atoms with Crippen LogP contribution in [0.2, 0.25) is 0 Å². The molecular formula is C45H63F27N2O10. The molecule has 2 aliphatic heterocycles. The predicted octanol–water partition coefficient (Wildman–Crippen LogP) is 13.7. The van der Waals surface area contributed by atoms with Crippen LogP contribution in [-0.4, -0.2) is 199 Å². The molecule has 2 N–H and O–H groups in total. The van der Waals surface area contributed by atoms with E-state index in [4.69, 9.17) is 23.7 Å². The average molecular weight is 1300 g/mol. The summed E-state index contributed by atoms with van der Waals surface area (Å²) in [6.07, 6.45) is -74.2. The molecule has 2 saturated heterocycles. The number of hydroxylamine groups is 4. The van der Waals surface area contributed by atoms with Crippen LogP contribution in [0.25, 0.3) is 0 Å². The Morgan fingerprint density at radius 2 is 0.536 bits per heavy atom. The van der Waals surface area contributed by atoms with Gasteiger partial charge in [-0.05, 0) is 101 Å². The Kier molecular flexibility index (Phi) is 23.6. The van der Waals surface area contributed by atoms with E-state index in [1.165, 1.54) is 0 Å². The molecule has 84 heavy (non-hydrogen) atoms. The number of hydrogen-bond donors (Lipinski definition) is 2. The quantitative estimate of drug-likeness (QED) is 0.0634. The monoisotopic (exact) mass is 1300 g/mol. The largest absolute Gasteiger partial charge is 0.435 e. The summed E-state index contributed by atoms with van der Waals surface area (Å²) in [6.45, 7) is -6.33. The van der Waals surface area contributed by atoms with Crippen LogP contribution in [0.3, 0.4) is 0 Å². The van der Waals surface area contributed by atoms with E-state index < -0.39 is 171 Å². The molecule has 0 aromatic rings. The Morgan fingerprint density at radius 3 is 0.738 bits per heavy atom. The highest BCUT2D eigenvalue weighted by Crippen LogP contribution is 2.60. The van der Waals surface area contributed by atoms with Crippen molar-refractivity contribution in [1.82, 2.24) is 10.1 Å². The second kappa shape index (κ2) is 25.5. The summed E-state index contributed by atoms with van der Waals surface area (Å²) in [7, 11) is 0. The number of piperidine rings is 2. The van der Waals surface area contributed by atoms with Crippen molar-refractivity contribution in [2.24, 2.45) is 5.41 Å². The number of hydrogen-bond acceptors (Lipinski definition) is 12. The average Bonchev–Trinajstić information content (AvgIpc) is 1.15. The molecule has 0 aromatic carbocycles. The fraction of sp³-hybridized carbons (Fsp3) is 1.00. The molecule has 0 saturated carbocycles. The van der Waals surface area contributed by atoms with E-state index >= 15 is 0 Å². The summed E-state index contributed by atoms with van der Waals surface area (Å²) < 4.78 is 420. The van der Waals surface area contributed by atoms with E-state index in [2.05, 4.69) is 14.2 Å². The maximum absolute atomic E-state index is 14.2. The van der Waals surface area contributed by atoms with Gasteiger partial charge in [0.2, 0.25) is 0 Å². The van der Waals surface area contributed by atoms with Crippen LogP contribution in [0.1, 0.15) is 101 Å². The highest BCUT2D eigenvalue weighted by atomic mass is 19.5. The maximum Gasteiger partial charge on any atom is 0.435 e. The van der Waals surface area contributed by atoms with Crippen molar-refractivity contribution in [2.75, 3.05) is 66.1 Å². The fourth-order valence-corrected chi connectivity index (χ4v) is 9.66. The van der Waals surface area contributed by atoms with Crippen LogP contribution < -0.4 is 0 Å². The van der Waals surface area contributed by atoms with E-state index in [1.54, 1.807) is 55.4 Å². The van der Waals surface area contributed by atoms with Crippen molar-refractivity contribution in [2.45, 2.75) is 213 Å². The maximum atomic E-state index is 14.2. The molecule has 0 amide bonds. The molecule has 2 fully saturated rings. The van der Waals surface area contributed by atoms with Gasteiger partial charge in [-0.2, -0.15) is 129 Å². The van der Waals surface area contributed by atoms with Crippen LogP contribution in [-0.2, 0) is 37.9 Å². The zero-order chi connectivity index (χ0) is 66.3. The summed E-state index contributed by atoms with van der Waals surface area (Å²) in [5.74, 6) is 0. The van der Waals surface area contributed by atoms with Gasteiger partial charge in [0, 0.05) is 48.6 Å². The highest BCUT2D eigenvalue weighted by Gasteiger charge is 2.89. The Labute approximate surface area is 461 Å². The first kappa shape index (κ1) is 77.7. The molecule has 502 valence electrons. The number of halogens is 27. The Morgan fingerprint density at radius 1 is 0.333 bits per heavy atom. The Bertz CT molecular complexity index is 1750. The predicted molar refractivity (Wildman–Crippen MR) is 230 cm³/mol. The second-order valence-corrected chi connectivity index (χ2v) is 23.1. The van der Waals surface area contributed by atoms with Crippen LogP contribution in [0, 0.1) is 5.41 Å². The molecule has 0 aromatic heterocycles. The number of ether oxygens (including phenoxy) is 8. The molecule has 0 bridgehead atoms. The van der Waals surface area contributed by atoms with Crippen LogP contribution in [0.4, 0.5) is 119 Å². The zero-order valence-electron chi connectivity index (χ0n) is 45.7. The third-order valence-corrected chi connectivity index (χ3v) is 13.7. The van der Waals surface area contributed by atoms with Gasteiger partial charge in [0.05, 0.1) is 57.3 Å². The van der Waals surface area contributed by atoms with Gasteiger partial charge >= 0.3 is 72.4 Å². The summed E-state index contributed by atoms with van der Waals surface area (Å²) in [4.78, 5) is 0. The SMILES string of the molecule is CC(COCCCOC1CC(C)(C)N(O)C(C)(C)C1)(COCCCOC1CC(C)(C)N(O)C(C)(C)C1)OCC(COC(C(F)(F)F)(C(F)(F)F)C(F)(F)F)(COC(C(F)(F)F)(C(F)(F)F)C(F)(F)F)COC(C(F)(F)F)(C(F)(F)F)C(F)(F)F. The minimum absolute atomic E-state index is 0.182. The number of nitrogens with zero attached hydrogens (tertiary/aromatic N) is 2. The van der Waals surface area contributed by atoms with Crippen molar-refractivity contribution in [1.29, 1.82) is 0 Å². The summed E-state index contributed by atoms with van der Waals surface area (Å²) in [6, 6.07) is 0. The molecule has 2 aliphatic rings. The molecule has 39 heteroatoms. The molecule has 12 nitrogen and oxygen atoms in total. The lowest BCUT2D eigenvalue weighted by atomic mass is 9.80. The third-order valence-electron chi connectivity index (χ3n) is 13.7. The van der Waals surface area contributed by atoms with Gasteiger partial charge in [0.1, 0.15) is 5.60 Å². The molecule has 2 rings (SSSR count). The van der Waals surface area contributed by atoms with Gasteiger partial charge in [-0.25, -0.2) is 0 Å². The minimum atomic E-state index is -8.13. The van der Waals surface area contributed by atoms with E-state index in [0.29, 0.717) is 6.92 Å². The lowest BCUT2D eigenvalue weighted by Crippen LogP contribution is -2.71. The van der Waals surface area contributed by atoms with Crippen molar-refractivity contribution >= 4 is 0 Å². The normalized spacial score (nSPS) is 20.5. The molecule has 0 atom stereocenters. The van der Waals surface area contributed by atoms with Gasteiger partial charge < -0.3 is 48.3 Å². The summed E-state index contributed by atoms with van der Waals surface area (Å²) >= 11 is 0. The highest BCUT2D eigenvalue weighted by molar-refractivity contribution is 5.07. The smallest absolute Gasteiger partial charge is 0.378 e. The molecule has 0 aliphatic carbocycles. The fourth-order valence-electron chi connectivity index (χ4n) is 9.66.